The Labute approximate surface area is 296 Å². The Morgan fingerprint density at radius 1 is 0.922 bits per heavy atom. The molecular weight excluding hydrogens is 649 g/mol. The van der Waals surface area contributed by atoms with Crippen LogP contribution in [0.4, 0.5) is 10.1 Å². The van der Waals surface area contributed by atoms with Gasteiger partial charge in [0.2, 0.25) is 0 Å². The van der Waals surface area contributed by atoms with Gasteiger partial charge in [0.05, 0.1) is 30.3 Å². The number of carbonyl (C=O) groups is 1. The standard InChI is InChI=1S/C40H44FN5O5/c1-26-16-20-45(21-17-26)19-8-22-50-37-25-32-29(24-36(37)49-2)34(15-18-42-32)51-35-14-13-27(23-30(35)41)43-39(47)38-40(48)46(28-9-4-3-5-10-28)33-12-7-6-11-31(33)44-38/h6-7,11-15,18,23-26,28H,3-5,8-10,16-17,19-22H2,1-2H3,(H,43,47). The number of piperidine rings is 1. The lowest BCUT2D eigenvalue weighted by Gasteiger charge is -2.30. The quantitative estimate of drug-likeness (QED) is 0.138. The molecule has 5 aromatic rings. The van der Waals surface area contributed by atoms with Crippen LogP contribution in [-0.4, -0.2) is 58.7 Å². The van der Waals surface area contributed by atoms with Gasteiger partial charge in [-0.05, 0) is 87.5 Å². The van der Waals surface area contributed by atoms with Gasteiger partial charge in [0.25, 0.3) is 11.5 Å². The molecule has 2 fully saturated rings. The molecule has 2 aliphatic rings. The van der Waals surface area contributed by atoms with Gasteiger partial charge in [0, 0.05) is 42.0 Å². The van der Waals surface area contributed by atoms with Crippen molar-refractivity contribution in [3.8, 4) is 23.0 Å². The van der Waals surface area contributed by atoms with E-state index < -0.39 is 17.3 Å². The van der Waals surface area contributed by atoms with Gasteiger partial charge in [-0.25, -0.2) is 9.37 Å². The maximum atomic E-state index is 15.5. The lowest BCUT2D eigenvalue weighted by atomic mass is 9.95. The van der Waals surface area contributed by atoms with Gasteiger partial charge in [-0.3, -0.25) is 14.6 Å². The van der Waals surface area contributed by atoms with Crippen molar-refractivity contribution in [2.45, 2.75) is 64.3 Å². The van der Waals surface area contributed by atoms with E-state index in [1.807, 2.05) is 24.3 Å². The largest absolute Gasteiger partial charge is 0.493 e. The number of para-hydroxylation sites is 2. The van der Waals surface area contributed by atoms with E-state index in [2.05, 4.69) is 27.1 Å². The van der Waals surface area contributed by atoms with Crippen molar-refractivity contribution in [3.05, 3.63) is 88.7 Å². The van der Waals surface area contributed by atoms with E-state index in [0.29, 0.717) is 45.8 Å². The summed E-state index contributed by atoms with van der Waals surface area (Å²) in [5.41, 5.74) is 1.38. The highest BCUT2D eigenvalue weighted by atomic mass is 19.1. The van der Waals surface area contributed by atoms with E-state index >= 15 is 4.39 Å². The normalized spacial score (nSPS) is 16.0. The summed E-state index contributed by atoms with van der Waals surface area (Å²) in [4.78, 5) is 38.5. The fourth-order valence-corrected chi connectivity index (χ4v) is 7.22. The highest BCUT2D eigenvalue weighted by Gasteiger charge is 2.24. The van der Waals surface area contributed by atoms with E-state index in [1.54, 1.807) is 36.1 Å². The Hall–Kier alpha value is -5.03. The van der Waals surface area contributed by atoms with E-state index in [1.165, 1.54) is 25.0 Å². The van der Waals surface area contributed by atoms with E-state index in [0.717, 1.165) is 70.1 Å². The summed E-state index contributed by atoms with van der Waals surface area (Å²) in [6.07, 6.45) is 9.91. The Morgan fingerprint density at radius 3 is 2.51 bits per heavy atom. The van der Waals surface area contributed by atoms with E-state index in [-0.39, 0.29) is 23.2 Å². The van der Waals surface area contributed by atoms with Crippen molar-refractivity contribution in [1.82, 2.24) is 19.4 Å². The number of benzene rings is 3. The minimum atomic E-state index is -0.699. The number of hydrogen-bond donors (Lipinski definition) is 1. The number of amides is 1. The van der Waals surface area contributed by atoms with Crippen molar-refractivity contribution < 1.29 is 23.4 Å². The molecule has 266 valence electrons. The number of ether oxygens (including phenoxy) is 3. The van der Waals surface area contributed by atoms with Gasteiger partial charge in [0.1, 0.15) is 5.75 Å². The maximum Gasteiger partial charge on any atom is 0.282 e. The molecule has 1 N–H and O–H groups in total. The number of anilines is 1. The third-order valence-corrected chi connectivity index (χ3v) is 10.1. The Balaban J connectivity index is 1.05. The minimum Gasteiger partial charge on any atom is -0.493 e. The number of rotatable bonds is 11. The molecule has 1 saturated heterocycles. The molecule has 1 saturated carbocycles. The van der Waals surface area contributed by atoms with Crippen molar-refractivity contribution in [1.29, 1.82) is 0 Å². The Morgan fingerprint density at radius 2 is 1.73 bits per heavy atom. The van der Waals surface area contributed by atoms with Crippen LogP contribution in [0.5, 0.6) is 23.0 Å². The minimum absolute atomic E-state index is 0.00130. The van der Waals surface area contributed by atoms with Crippen LogP contribution in [-0.2, 0) is 0 Å². The summed E-state index contributed by atoms with van der Waals surface area (Å²) in [5.74, 6) is 0.846. The van der Waals surface area contributed by atoms with Crippen LogP contribution in [0.15, 0.2) is 71.7 Å². The molecule has 7 rings (SSSR count). The molecule has 0 radical (unpaired) electrons. The summed E-state index contributed by atoms with van der Waals surface area (Å²) >= 11 is 0. The van der Waals surface area contributed by atoms with Gasteiger partial charge in [0.15, 0.2) is 28.8 Å². The smallest absolute Gasteiger partial charge is 0.282 e. The average Bonchev–Trinajstić information content (AvgIpc) is 3.15. The fraction of sp³-hybridized carbons (Fsp3) is 0.400. The summed E-state index contributed by atoms with van der Waals surface area (Å²) < 4.78 is 35.0. The SMILES string of the molecule is COc1cc2c(Oc3ccc(NC(=O)c4nc5ccccc5n(C5CCCCC5)c4=O)cc3F)ccnc2cc1OCCCN1CCC(C)CC1. The number of pyridine rings is 1. The Bertz CT molecular complexity index is 2090. The number of fused-ring (bicyclic) bond motifs is 2. The van der Waals surface area contributed by atoms with Crippen LogP contribution in [0, 0.1) is 11.7 Å². The van der Waals surface area contributed by atoms with E-state index in [4.69, 9.17) is 14.2 Å². The number of halogens is 1. The van der Waals surface area contributed by atoms with Crippen LogP contribution in [0.3, 0.4) is 0 Å². The molecule has 10 nitrogen and oxygen atoms in total. The first-order chi connectivity index (χ1) is 24.9. The molecule has 3 heterocycles. The van der Waals surface area contributed by atoms with Gasteiger partial charge in [-0.15, -0.1) is 0 Å². The summed E-state index contributed by atoms with van der Waals surface area (Å²) in [6, 6.07) is 16.7. The molecule has 1 aliphatic heterocycles. The molecule has 51 heavy (non-hydrogen) atoms. The van der Waals surface area contributed by atoms with Gasteiger partial charge in [-0.2, -0.15) is 0 Å². The van der Waals surface area contributed by atoms with Gasteiger partial charge >= 0.3 is 0 Å². The third-order valence-electron chi connectivity index (χ3n) is 10.1. The number of methoxy groups -OCH3 is 1. The number of hydrogen-bond acceptors (Lipinski definition) is 8. The van der Waals surface area contributed by atoms with Gasteiger partial charge < -0.3 is 29.0 Å². The molecule has 0 spiro atoms. The van der Waals surface area contributed by atoms with E-state index in [9.17, 15) is 9.59 Å². The second-order valence-electron chi connectivity index (χ2n) is 13.7. The monoisotopic (exact) mass is 693 g/mol. The van der Waals surface area contributed by atoms with Crippen LogP contribution in [0.1, 0.15) is 74.8 Å². The molecule has 0 unspecified atom stereocenters. The second-order valence-corrected chi connectivity index (χ2v) is 13.7. The number of nitrogens with one attached hydrogen (secondary N) is 1. The molecule has 1 amide bonds. The summed E-state index contributed by atoms with van der Waals surface area (Å²) in [6.45, 7) is 6.12. The first-order valence-electron chi connectivity index (χ1n) is 18.0. The zero-order chi connectivity index (χ0) is 35.3. The number of likely N-dealkylation sites (tertiary alicyclic amines) is 1. The first-order valence-corrected chi connectivity index (χ1v) is 18.0. The lowest BCUT2D eigenvalue weighted by molar-refractivity contribution is 0.102. The Kier molecular flexibility index (Phi) is 10.4. The van der Waals surface area contributed by atoms with Crippen molar-refractivity contribution in [2.75, 3.05) is 38.7 Å². The summed E-state index contributed by atoms with van der Waals surface area (Å²) in [5, 5.41) is 3.29. The predicted octanol–water partition coefficient (Wildman–Crippen LogP) is 8.14. The molecule has 0 bridgehead atoms. The first kappa shape index (κ1) is 34.4. The second kappa shape index (κ2) is 15.5. The fourth-order valence-electron chi connectivity index (χ4n) is 7.22. The number of aromatic nitrogens is 3. The van der Waals surface area contributed by atoms with Crippen LogP contribution < -0.4 is 25.1 Å². The molecule has 1 aliphatic carbocycles. The van der Waals surface area contributed by atoms with Gasteiger partial charge in [-0.1, -0.05) is 38.3 Å². The summed E-state index contributed by atoms with van der Waals surface area (Å²) in [7, 11) is 1.57. The van der Waals surface area contributed by atoms with Crippen LogP contribution in [0.25, 0.3) is 21.9 Å². The molecule has 11 heteroatoms. The lowest BCUT2D eigenvalue weighted by Crippen LogP contribution is -2.34. The highest BCUT2D eigenvalue weighted by molar-refractivity contribution is 6.03. The van der Waals surface area contributed by atoms with Crippen LogP contribution >= 0.6 is 0 Å². The molecule has 0 atom stereocenters. The highest BCUT2D eigenvalue weighted by Crippen LogP contribution is 2.38. The third kappa shape index (κ3) is 7.68. The van der Waals surface area contributed by atoms with Crippen molar-refractivity contribution in [2.24, 2.45) is 5.92 Å². The molecular formula is C40H44FN5O5. The molecule has 3 aromatic carbocycles. The number of nitrogens with zero attached hydrogens (tertiary/aromatic N) is 4. The van der Waals surface area contributed by atoms with Crippen LogP contribution in [0.2, 0.25) is 0 Å². The van der Waals surface area contributed by atoms with Crippen molar-refractivity contribution >= 4 is 33.5 Å². The topological polar surface area (TPSA) is 108 Å². The molecule has 2 aromatic heterocycles. The number of carbonyl (C=O) groups excluding carboxylic acids is 1. The predicted molar refractivity (Wildman–Crippen MR) is 196 cm³/mol. The zero-order valence-corrected chi connectivity index (χ0v) is 29.2. The van der Waals surface area contributed by atoms with Crippen molar-refractivity contribution in [3.63, 3.8) is 0 Å². The zero-order valence-electron chi connectivity index (χ0n) is 29.2. The average molecular weight is 694 g/mol. The maximum absolute atomic E-state index is 15.5.